The van der Waals surface area contributed by atoms with Crippen molar-refractivity contribution in [1.29, 1.82) is 0 Å². The van der Waals surface area contributed by atoms with Gasteiger partial charge >= 0.3 is 0 Å². The van der Waals surface area contributed by atoms with Gasteiger partial charge in [0.2, 0.25) is 0 Å². The van der Waals surface area contributed by atoms with Crippen molar-refractivity contribution in [1.82, 2.24) is 0 Å². The Labute approximate surface area is 128 Å². The van der Waals surface area contributed by atoms with E-state index in [4.69, 9.17) is 10.5 Å². The standard InChI is InChI=1S/C17H18BrNO/c1-10-4-3-5-13(11(10)2)17-9-15(19)14-8-12(18)6-7-16(14)20-17/h3-8,15,17H,9,19H2,1-2H3/t15-,17?/m1/s1. The first-order valence-corrected chi connectivity index (χ1v) is 7.63. The fraction of sp³-hybridized carbons (Fsp3) is 0.294. The van der Waals surface area contributed by atoms with E-state index in [-0.39, 0.29) is 12.1 Å². The van der Waals surface area contributed by atoms with Gasteiger partial charge in [0.1, 0.15) is 11.9 Å². The Kier molecular flexibility index (Phi) is 3.57. The molecule has 0 aromatic heterocycles. The highest BCUT2D eigenvalue weighted by atomic mass is 79.9. The van der Waals surface area contributed by atoms with Crippen molar-refractivity contribution in [3.05, 3.63) is 63.1 Å². The largest absolute Gasteiger partial charge is 0.485 e. The van der Waals surface area contributed by atoms with Gasteiger partial charge in [0, 0.05) is 22.5 Å². The molecule has 1 aliphatic heterocycles. The normalized spacial score (nSPS) is 21.2. The Bertz CT molecular complexity index is 653. The molecule has 2 nitrogen and oxygen atoms in total. The minimum atomic E-state index is 0.0150. The number of hydrogen-bond acceptors (Lipinski definition) is 2. The molecule has 2 aromatic carbocycles. The lowest BCUT2D eigenvalue weighted by Crippen LogP contribution is -2.24. The van der Waals surface area contributed by atoms with E-state index in [1.165, 1.54) is 16.7 Å². The molecule has 1 aliphatic rings. The predicted molar refractivity (Wildman–Crippen MR) is 85.0 cm³/mol. The molecule has 3 rings (SSSR count). The van der Waals surface area contributed by atoms with E-state index in [1.54, 1.807) is 0 Å². The lowest BCUT2D eigenvalue weighted by molar-refractivity contribution is 0.161. The number of rotatable bonds is 1. The average molecular weight is 332 g/mol. The maximum Gasteiger partial charge on any atom is 0.126 e. The molecular formula is C17H18BrNO. The molecule has 20 heavy (non-hydrogen) atoms. The van der Waals surface area contributed by atoms with Gasteiger partial charge in [-0.1, -0.05) is 34.1 Å². The molecule has 104 valence electrons. The summed E-state index contributed by atoms with van der Waals surface area (Å²) in [6, 6.07) is 12.4. The first kappa shape index (κ1) is 13.7. The minimum Gasteiger partial charge on any atom is -0.485 e. The first-order chi connectivity index (χ1) is 9.56. The fourth-order valence-corrected chi connectivity index (χ4v) is 3.17. The summed E-state index contributed by atoms with van der Waals surface area (Å²) in [4.78, 5) is 0. The molecule has 0 aliphatic carbocycles. The van der Waals surface area contributed by atoms with Crippen LogP contribution in [0.1, 0.15) is 40.8 Å². The number of halogens is 1. The van der Waals surface area contributed by atoms with Crippen LogP contribution in [0.4, 0.5) is 0 Å². The van der Waals surface area contributed by atoms with Gasteiger partial charge in [-0.2, -0.15) is 0 Å². The monoisotopic (exact) mass is 331 g/mol. The van der Waals surface area contributed by atoms with E-state index in [9.17, 15) is 0 Å². The number of fused-ring (bicyclic) bond motifs is 1. The second-order valence-electron chi connectivity index (χ2n) is 5.42. The summed E-state index contributed by atoms with van der Waals surface area (Å²) in [7, 11) is 0. The quantitative estimate of drug-likeness (QED) is 0.829. The van der Waals surface area contributed by atoms with Crippen molar-refractivity contribution in [2.75, 3.05) is 0 Å². The number of aryl methyl sites for hydroxylation is 1. The summed E-state index contributed by atoms with van der Waals surface area (Å²) in [5.41, 5.74) is 11.2. The van der Waals surface area contributed by atoms with Crippen molar-refractivity contribution >= 4 is 15.9 Å². The Morgan fingerprint density at radius 3 is 2.75 bits per heavy atom. The minimum absolute atomic E-state index is 0.0150. The third-order valence-corrected chi connectivity index (χ3v) is 4.60. The van der Waals surface area contributed by atoms with Crippen molar-refractivity contribution in [2.24, 2.45) is 5.73 Å². The average Bonchev–Trinajstić information content (AvgIpc) is 2.42. The second kappa shape index (κ2) is 5.23. The molecule has 2 N–H and O–H groups in total. The Balaban J connectivity index is 1.99. The summed E-state index contributed by atoms with van der Waals surface area (Å²) in [6.07, 6.45) is 0.854. The van der Waals surface area contributed by atoms with Crippen molar-refractivity contribution in [2.45, 2.75) is 32.4 Å². The van der Waals surface area contributed by atoms with E-state index in [2.05, 4.69) is 54.0 Å². The van der Waals surface area contributed by atoms with Crippen LogP contribution >= 0.6 is 15.9 Å². The zero-order valence-corrected chi connectivity index (χ0v) is 13.3. The Hall–Kier alpha value is -1.32. The van der Waals surface area contributed by atoms with Crippen LogP contribution < -0.4 is 10.5 Å². The molecular weight excluding hydrogens is 314 g/mol. The van der Waals surface area contributed by atoms with Gasteiger partial charge in [0.05, 0.1) is 0 Å². The summed E-state index contributed by atoms with van der Waals surface area (Å²) in [5, 5.41) is 0. The summed E-state index contributed by atoms with van der Waals surface area (Å²) in [6.45, 7) is 4.28. The highest BCUT2D eigenvalue weighted by Crippen LogP contribution is 2.41. The third-order valence-electron chi connectivity index (χ3n) is 4.10. The summed E-state index contributed by atoms with van der Waals surface area (Å²) in [5.74, 6) is 0.901. The Morgan fingerprint density at radius 2 is 1.95 bits per heavy atom. The third kappa shape index (κ3) is 2.36. The molecule has 2 atom stereocenters. The summed E-state index contributed by atoms with van der Waals surface area (Å²) >= 11 is 3.49. The van der Waals surface area contributed by atoms with Crippen LogP contribution in [0, 0.1) is 13.8 Å². The van der Waals surface area contributed by atoms with Crippen LogP contribution in [0.3, 0.4) is 0 Å². The molecule has 0 saturated carbocycles. The molecule has 1 unspecified atom stereocenters. The summed E-state index contributed by atoms with van der Waals surface area (Å²) < 4.78 is 7.22. The molecule has 0 fully saturated rings. The molecule has 0 saturated heterocycles. The van der Waals surface area contributed by atoms with Gasteiger partial charge in [-0.25, -0.2) is 0 Å². The van der Waals surface area contributed by atoms with E-state index in [0.717, 1.165) is 22.2 Å². The van der Waals surface area contributed by atoms with E-state index in [1.807, 2.05) is 12.1 Å². The SMILES string of the molecule is Cc1cccc(C2C[C@@H](N)c3cc(Br)ccc3O2)c1C. The van der Waals surface area contributed by atoms with Crippen LogP contribution in [0.5, 0.6) is 5.75 Å². The van der Waals surface area contributed by atoms with Gasteiger partial charge in [-0.05, 0) is 48.7 Å². The molecule has 1 heterocycles. The van der Waals surface area contributed by atoms with Crippen molar-refractivity contribution < 1.29 is 4.74 Å². The van der Waals surface area contributed by atoms with Gasteiger partial charge in [0.15, 0.2) is 0 Å². The lowest BCUT2D eigenvalue weighted by Gasteiger charge is -2.31. The predicted octanol–water partition coefficient (Wildman–Crippen LogP) is 4.59. The van der Waals surface area contributed by atoms with Crippen molar-refractivity contribution in [3.63, 3.8) is 0 Å². The van der Waals surface area contributed by atoms with Gasteiger partial charge in [-0.3, -0.25) is 0 Å². The smallest absolute Gasteiger partial charge is 0.126 e. The molecule has 0 amide bonds. The highest BCUT2D eigenvalue weighted by molar-refractivity contribution is 9.10. The number of hydrogen-bond donors (Lipinski definition) is 1. The number of benzene rings is 2. The topological polar surface area (TPSA) is 35.2 Å². The van der Waals surface area contributed by atoms with Crippen molar-refractivity contribution in [3.8, 4) is 5.75 Å². The fourth-order valence-electron chi connectivity index (χ4n) is 2.79. The lowest BCUT2D eigenvalue weighted by atomic mass is 9.90. The molecule has 0 spiro atoms. The van der Waals surface area contributed by atoms with Crippen LogP contribution in [-0.2, 0) is 0 Å². The van der Waals surface area contributed by atoms with Gasteiger partial charge in [0.25, 0.3) is 0 Å². The number of nitrogens with two attached hydrogens (primary N) is 1. The molecule has 0 radical (unpaired) electrons. The maximum atomic E-state index is 6.33. The van der Waals surface area contributed by atoms with Crippen LogP contribution in [0.2, 0.25) is 0 Å². The van der Waals surface area contributed by atoms with Gasteiger partial charge in [-0.15, -0.1) is 0 Å². The van der Waals surface area contributed by atoms with Crippen LogP contribution in [0.15, 0.2) is 40.9 Å². The number of ether oxygens (including phenoxy) is 1. The maximum absolute atomic E-state index is 6.33. The first-order valence-electron chi connectivity index (χ1n) is 6.84. The highest BCUT2D eigenvalue weighted by Gasteiger charge is 2.28. The zero-order chi connectivity index (χ0) is 14.3. The zero-order valence-electron chi connectivity index (χ0n) is 11.7. The second-order valence-corrected chi connectivity index (χ2v) is 6.34. The molecule has 3 heteroatoms. The molecule has 2 aromatic rings. The van der Waals surface area contributed by atoms with E-state index >= 15 is 0 Å². The molecule has 0 bridgehead atoms. The van der Waals surface area contributed by atoms with E-state index in [0.29, 0.717) is 0 Å². The van der Waals surface area contributed by atoms with E-state index < -0.39 is 0 Å². The van der Waals surface area contributed by atoms with Gasteiger partial charge < -0.3 is 10.5 Å². The van der Waals surface area contributed by atoms with Crippen LogP contribution in [-0.4, -0.2) is 0 Å². The van der Waals surface area contributed by atoms with Crippen LogP contribution in [0.25, 0.3) is 0 Å². The Morgan fingerprint density at radius 1 is 1.15 bits per heavy atom.